The maximum absolute atomic E-state index is 13.2. The number of ether oxygens (including phenoxy) is 5. The molecule has 22 nitrogen and oxygen atoms in total. The molecular formula is C83H100Cl7F2N15O7Si. The number of nitrogens with zero attached hydrogens (tertiary/aromatic N) is 15. The smallest absolute Gasteiger partial charge is 0.217 e. The molecule has 115 heavy (non-hydrogen) atoms. The van der Waals surface area contributed by atoms with Crippen molar-refractivity contribution in [1.82, 2.24) is 73.8 Å². The Morgan fingerprint density at radius 2 is 0.965 bits per heavy atom. The highest BCUT2D eigenvalue weighted by Crippen LogP contribution is 2.48. The molecule has 0 radical (unpaired) electrons. The fraction of sp³-hybridized carbons (Fsp3) is 0.373. The molecule has 7 atom stereocenters. The van der Waals surface area contributed by atoms with Gasteiger partial charge in [0.05, 0.1) is 48.6 Å². The van der Waals surface area contributed by atoms with Gasteiger partial charge in [-0.2, -0.15) is 25.5 Å². The Morgan fingerprint density at radius 3 is 1.43 bits per heavy atom. The molecular weight excluding hydrogens is 1630 g/mol. The van der Waals surface area contributed by atoms with Crippen LogP contribution in [0.5, 0.6) is 11.5 Å². The lowest BCUT2D eigenvalue weighted by molar-refractivity contribution is -0.189. The van der Waals surface area contributed by atoms with E-state index in [9.17, 15) is 19.0 Å². The molecule has 3 aliphatic rings. The van der Waals surface area contributed by atoms with Gasteiger partial charge in [-0.15, -0.1) is 0 Å². The molecule has 0 spiro atoms. The Bertz CT molecular complexity index is 4780. The monoisotopic (exact) mass is 1730 g/mol. The second kappa shape index (κ2) is 43.4. The molecule has 7 aromatic carbocycles. The van der Waals surface area contributed by atoms with Gasteiger partial charge in [0.15, 0.2) is 0 Å². The minimum absolute atomic E-state index is 0. The second-order valence-corrected chi connectivity index (χ2v) is 34.6. The summed E-state index contributed by atoms with van der Waals surface area (Å²) in [4.78, 5) is 19.8. The molecule has 2 N–H and O–H groups in total. The molecule has 3 fully saturated rings. The predicted molar refractivity (Wildman–Crippen MR) is 453 cm³/mol. The van der Waals surface area contributed by atoms with Crippen molar-refractivity contribution in [2.75, 3.05) is 13.2 Å². The van der Waals surface area contributed by atoms with E-state index in [1.807, 2.05) is 73.7 Å². The summed E-state index contributed by atoms with van der Waals surface area (Å²) < 4.78 is 65.1. The summed E-state index contributed by atoms with van der Waals surface area (Å²) in [5.41, 5.74) is 1.01. The van der Waals surface area contributed by atoms with Crippen molar-refractivity contribution in [2.24, 2.45) is 11.8 Å². The van der Waals surface area contributed by atoms with Gasteiger partial charge in [0.1, 0.15) is 119 Å². The van der Waals surface area contributed by atoms with Gasteiger partial charge in [-0.1, -0.05) is 216 Å². The Labute approximate surface area is 708 Å². The number of aromatic nitrogens is 15. The Kier molecular flexibility index (Phi) is 35.5. The summed E-state index contributed by atoms with van der Waals surface area (Å²) in [5.74, 6) is -0.486. The summed E-state index contributed by atoms with van der Waals surface area (Å²) in [6, 6.07) is 43.5. The highest BCUT2D eigenvalue weighted by Gasteiger charge is 2.47. The predicted octanol–water partition coefficient (Wildman–Crippen LogP) is 19.4. The van der Waals surface area contributed by atoms with Gasteiger partial charge in [0.25, 0.3) is 0 Å². The lowest BCUT2D eigenvalue weighted by Crippen LogP contribution is -2.59. The van der Waals surface area contributed by atoms with E-state index in [1.54, 1.807) is 116 Å². The van der Waals surface area contributed by atoms with Crippen LogP contribution in [0.4, 0.5) is 8.78 Å². The number of rotatable bonds is 25. The molecule has 1 aliphatic carbocycles. The zero-order valence-electron chi connectivity index (χ0n) is 61.5. The van der Waals surface area contributed by atoms with Gasteiger partial charge in [0.2, 0.25) is 11.6 Å². The van der Waals surface area contributed by atoms with Crippen LogP contribution in [0.1, 0.15) is 125 Å². The van der Waals surface area contributed by atoms with Crippen LogP contribution >= 0.6 is 81.2 Å². The summed E-state index contributed by atoms with van der Waals surface area (Å²) in [6.07, 6.45) is 23.0. The molecule has 7 heterocycles. The number of hydrogen-bond donors (Lipinski definition) is 2. The van der Waals surface area contributed by atoms with Crippen molar-refractivity contribution >= 4 is 99.7 Å². The van der Waals surface area contributed by atoms with Crippen molar-refractivity contribution in [2.45, 2.75) is 176 Å². The zero-order chi connectivity index (χ0) is 78.8. The molecule has 0 bridgehead atoms. The van der Waals surface area contributed by atoms with Gasteiger partial charge in [-0.25, -0.2) is 52.4 Å². The third-order valence-corrected chi connectivity index (χ3v) is 25.4. The third kappa shape index (κ3) is 25.0. The highest BCUT2D eigenvalue weighted by atomic mass is 35.5. The van der Waals surface area contributed by atoms with E-state index in [1.165, 1.54) is 68.7 Å². The minimum atomic E-state index is -2.22. The lowest BCUT2D eigenvalue weighted by Gasteiger charge is -2.35. The molecule has 616 valence electrons. The zero-order valence-corrected chi connectivity index (χ0v) is 67.8. The Hall–Kier alpha value is -8.09. The van der Waals surface area contributed by atoms with Crippen molar-refractivity contribution in [1.29, 1.82) is 0 Å². The molecule has 1 saturated carbocycles. The van der Waals surface area contributed by atoms with E-state index in [0.29, 0.717) is 116 Å². The topological polar surface area (TPSA) is 240 Å². The standard InChI is InChI=1S/C19H17Cl2N3O3.C16H15F2N3Si.C15H17Cl2N3O2.C15H18ClN3O.C14H17Cl2N3O.4CH4/c1-13-9-25-19(27-13,10-24-12-22-11-23-24)17-7-6-16(8-18(17)21)26-15-4-2-14(20)3-5-15;1-22(12-21-11-19-10-20-21,15-6-2-13(17)3-7-15)16-8-4-14(18)5-9-16;1-2-3-12-7-21-15(22-12,8-20-10-18-9-19-20)13-5-4-11(16)6-14(13)17;1-11(12-2-3-12)15(20,8-19-10-17-9-18-19)13-4-6-14(16)7-5-13;1-2-3-6-14(20,8-19-10-17-9-18-19)12-5-4-11(15)7-13(12)16;;;;/h2-8,11-13H,9-10H2,1H3;2-11H,12H2,1H3;4-6,9-10,12H,2-3,7-8H2,1H3;4-7,9-12,20H,2-3,8H2,1H3;4-5,7,9-10,20H,2-3,6,8H2,1H3;4*1H4. The first kappa shape index (κ1) is 94.1. The van der Waals surface area contributed by atoms with Crippen LogP contribution in [0.3, 0.4) is 0 Å². The summed E-state index contributed by atoms with van der Waals surface area (Å²) >= 11 is 43.0. The number of halogens is 9. The van der Waals surface area contributed by atoms with Gasteiger partial charge >= 0.3 is 0 Å². The maximum Gasteiger partial charge on any atom is 0.217 e. The molecule has 5 aromatic heterocycles. The summed E-state index contributed by atoms with van der Waals surface area (Å²) in [7, 11) is -2.22. The molecule has 7 unspecified atom stereocenters. The first-order chi connectivity index (χ1) is 53.4. The number of aliphatic hydroxyl groups is 2. The van der Waals surface area contributed by atoms with E-state index in [4.69, 9.17) is 105 Å². The fourth-order valence-corrected chi connectivity index (χ4v) is 18.3. The van der Waals surface area contributed by atoms with E-state index < -0.39 is 30.9 Å². The van der Waals surface area contributed by atoms with Crippen LogP contribution in [0.15, 0.2) is 215 Å². The number of benzene rings is 7. The molecule has 15 rings (SSSR count). The molecule has 12 aromatic rings. The van der Waals surface area contributed by atoms with Crippen molar-refractivity contribution in [3.05, 3.63) is 284 Å². The summed E-state index contributed by atoms with van der Waals surface area (Å²) in [6.45, 7) is 12.9. The Morgan fingerprint density at radius 1 is 0.522 bits per heavy atom. The van der Waals surface area contributed by atoms with Crippen LogP contribution in [-0.2, 0) is 74.1 Å². The first-order valence-electron chi connectivity index (χ1n) is 36.0. The van der Waals surface area contributed by atoms with Crippen LogP contribution in [0, 0.1) is 23.5 Å². The van der Waals surface area contributed by atoms with Gasteiger partial charge in [-0.3, -0.25) is 4.68 Å². The van der Waals surface area contributed by atoms with Crippen LogP contribution in [0.25, 0.3) is 0 Å². The van der Waals surface area contributed by atoms with Gasteiger partial charge in [-0.05, 0) is 153 Å². The SMILES string of the molecule is C.C.C.C.CC(C1CC1)C(O)(Cn1cncn1)c1ccc(Cl)cc1.CC1COC(Cn2cncn2)(c2ccc(Oc3ccc(Cl)cc3)cc2Cl)O1.CCCC1COC(Cn2cncn2)(c2ccc(Cl)cc2Cl)O1.CCCCC(O)(Cn1cncn1)c1ccc(Cl)cc1Cl.C[Si](Cn1cncn1)(c1ccc(F)cc1)c1ccc(F)cc1. The molecule has 2 saturated heterocycles. The van der Waals surface area contributed by atoms with E-state index in [2.05, 4.69) is 77.7 Å². The number of unbranched alkanes of at least 4 members (excludes halogenated alkanes) is 1. The highest BCUT2D eigenvalue weighted by molar-refractivity contribution is 7.00. The van der Waals surface area contributed by atoms with E-state index in [0.717, 1.165) is 47.2 Å². The Balaban J connectivity index is 0.000000198. The largest absolute Gasteiger partial charge is 0.457 e. The summed E-state index contributed by atoms with van der Waals surface area (Å²) in [5, 5.41) is 49.1. The molecule has 2 aliphatic heterocycles. The first-order valence-corrected chi connectivity index (χ1v) is 41.4. The van der Waals surface area contributed by atoms with Crippen LogP contribution < -0.4 is 15.1 Å². The molecule has 32 heteroatoms. The van der Waals surface area contributed by atoms with Crippen LogP contribution in [-0.4, -0.2) is 118 Å². The maximum atomic E-state index is 13.2. The van der Waals surface area contributed by atoms with Gasteiger partial charge < -0.3 is 33.9 Å². The minimum Gasteiger partial charge on any atom is -0.457 e. The fourth-order valence-electron chi connectivity index (χ4n) is 13.3. The van der Waals surface area contributed by atoms with Crippen molar-refractivity contribution < 1.29 is 42.7 Å². The average molecular weight is 1730 g/mol. The van der Waals surface area contributed by atoms with Crippen LogP contribution in [0.2, 0.25) is 41.7 Å². The molecule has 0 amide bonds. The third-order valence-electron chi connectivity index (χ3n) is 19.3. The van der Waals surface area contributed by atoms with Gasteiger partial charge in [0, 0.05) is 48.0 Å². The number of hydrogen-bond acceptors (Lipinski definition) is 17. The quantitative estimate of drug-likeness (QED) is 0.0506. The second-order valence-electron chi connectivity index (χ2n) is 27.5. The lowest BCUT2D eigenvalue weighted by atomic mass is 9.79. The van der Waals surface area contributed by atoms with E-state index >= 15 is 0 Å². The normalized spacial score (nSPS) is 18.0. The average Bonchev–Trinajstić information content (AvgIpc) is 1.43. The van der Waals surface area contributed by atoms with Crippen molar-refractivity contribution in [3.63, 3.8) is 0 Å². The van der Waals surface area contributed by atoms with Crippen molar-refractivity contribution in [3.8, 4) is 11.5 Å². The van der Waals surface area contributed by atoms with E-state index in [-0.39, 0.29) is 59.5 Å².